The number of sulfonamides is 1. The molecule has 1 aromatic carbocycles. The molecule has 0 aromatic heterocycles. The highest BCUT2D eigenvalue weighted by Crippen LogP contribution is 2.23. The van der Waals surface area contributed by atoms with Crippen molar-refractivity contribution in [2.24, 2.45) is 5.92 Å². The first kappa shape index (κ1) is 20.2. The average Bonchev–Trinajstić information content (AvgIpc) is 3.01. The molecule has 0 N–H and O–H groups in total. The van der Waals surface area contributed by atoms with Crippen LogP contribution in [0.5, 0.6) is 0 Å². The molecule has 1 aromatic rings. The molecule has 0 bridgehead atoms. The van der Waals surface area contributed by atoms with Crippen LogP contribution in [0.15, 0.2) is 29.2 Å². The Kier molecular flexibility index (Phi) is 6.18. The number of likely N-dealkylation sites (tertiary alicyclic amines) is 1. The molecule has 0 radical (unpaired) electrons. The zero-order chi connectivity index (χ0) is 19.6. The van der Waals surface area contributed by atoms with E-state index in [1.54, 1.807) is 0 Å². The van der Waals surface area contributed by atoms with Gasteiger partial charge in [-0.3, -0.25) is 9.69 Å². The third-order valence-electron chi connectivity index (χ3n) is 5.41. The molecule has 1 amide bonds. The maximum Gasteiger partial charge on any atom is 0.243 e. The monoisotopic (exact) mass is 397 g/mol. The fraction of sp³-hybridized carbons (Fsp3) is 0.632. The zero-order valence-electron chi connectivity index (χ0n) is 16.0. The predicted molar refractivity (Wildman–Crippen MR) is 101 cm³/mol. The van der Waals surface area contributed by atoms with Gasteiger partial charge in [0.05, 0.1) is 10.9 Å². The van der Waals surface area contributed by atoms with Crippen molar-refractivity contribution in [3.63, 3.8) is 0 Å². The molecule has 2 heterocycles. The third-order valence-corrected chi connectivity index (χ3v) is 7.32. The number of hydrogen-bond acceptors (Lipinski definition) is 4. The van der Waals surface area contributed by atoms with E-state index in [9.17, 15) is 17.6 Å². The summed E-state index contributed by atoms with van der Waals surface area (Å²) in [6.45, 7) is 7.64. The maximum absolute atomic E-state index is 13.1. The van der Waals surface area contributed by atoms with Gasteiger partial charge in [-0.25, -0.2) is 12.8 Å². The standard InChI is InChI=1S/C19H28FN3O3S/c1-15(2)7-9-22-10-8-18(19(22)24)21-11-13-23(14-12-21)27(25,26)17-5-3-16(20)4-6-17/h3-6,15,18H,7-14H2,1-2H3. The molecule has 0 saturated carbocycles. The summed E-state index contributed by atoms with van der Waals surface area (Å²) in [5, 5.41) is 0. The first-order valence-electron chi connectivity index (χ1n) is 9.57. The van der Waals surface area contributed by atoms with Gasteiger partial charge in [-0.2, -0.15) is 4.31 Å². The lowest BCUT2D eigenvalue weighted by Gasteiger charge is -2.36. The van der Waals surface area contributed by atoms with Gasteiger partial charge in [-0.15, -0.1) is 0 Å². The maximum atomic E-state index is 13.1. The molecular weight excluding hydrogens is 369 g/mol. The van der Waals surface area contributed by atoms with Crippen LogP contribution >= 0.6 is 0 Å². The smallest absolute Gasteiger partial charge is 0.243 e. The highest BCUT2D eigenvalue weighted by Gasteiger charge is 2.38. The largest absolute Gasteiger partial charge is 0.341 e. The minimum Gasteiger partial charge on any atom is -0.341 e. The van der Waals surface area contributed by atoms with E-state index < -0.39 is 15.8 Å². The Morgan fingerprint density at radius 1 is 1.07 bits per heavy atom. The van der Waals surface area contributed by atoms with Crippen molar-refractivity contribution in [2.45, 2.75) is 37.6 Å². The minimum absolute atomic E-state index is 0.106. The summed E-state index contributed by atoms with van der Waals surface area (Å²) in [6.07, 6.45) is 1.81. The summed E-state index contributed by atoms with van der Waals surface area (Å²) in [6, 6.07) is 4.78. The van der Waals surface area contributed by atoms with E-state index in [1.807, 2.05) is 4.90 Å². The molecule has 8 heteroatoms. The molecule has 1 atom stereocenters. The van der Waals surface area contributed by atoms with Crippen LogP contribution in [0.1, 0.15) is 26.7 Å². The van der Waals surface area contributed by atoms with E-state index in [1.165, 1.54) is 16.4 Å². The molecular formula is C19H28FN3O3S. The molecule has 2 fully saturated rings. The second-order valence-electron chi connectivity index (χ2n) is 7.71. The van der Waals surface area contributed by atoms with Crippen molar-refractivity contribution in [1.29, 1.82) is 0 Å². The zero-order valence-corrected chi connectivity index (χ0v) is 16.8. The van der Waals surface area contributed by atoms with Crippen LogP contribution in [-0.2, 0) is 14.8 Å². The van der Waals surface area contributed by atoms with Crippen LogP contribution in [0.2, 0.25) is 0 Å². The van der Waals surface area contributed by atoms with Crippen molar-refractivity contribution in [3.05, 3.63) is 30.1 Å². The number of amides is 1. The Labute approximate surface area is 161 Å². The Balaban J connectivity index is 1.57. The number of carbonyl (C=O) groups is 1. The van der Waals surface area contributed by atoms with E-state index in [0.717, 1.165) is 38.1 Å². The number of halogens is 1. The van der Waals surface area contributed by atoms with Gasteiger partial charge in [-0.05, 0) is 43.0 Å². The third kappa shape index (κ3) is 4.50. The van der Waals surface area contributed by atoms with E-state index in [4.69, 9.17) is 0 Å². The summed E-state index contributed by atoms with van der Waals surface area (Å²) in [5.74, 6) is 0.281. The van der Waals surface area contributed by atoms with Gasteiger partial charge in [0.25, 0.3) is 0 Å². The Bertz CT molecular complexity index is 759. The first-order chi connectivity index (χ1) is 12.8. The van der Waals surface area contributed by atoms with Crippen molar-refractivity contribution in [1.82, 2.24) is 14.1 Å². The molecule has 150 valence electrons. The van der Waals surface area contributed by atoms with Gasteiger partial charge in [0.2, 0.25) is 15.9 Å². The highest BCUT2D eigenvalue weighted by molar-refractivity contribution is 7.89. The summed E-state index contributed by atoms with van der Waals surface area (Å²) in [4.78, 5) is 16.8. The van der Waals surface area contributed by atoms with Crippen molar-refractivity contribution < 1.29 is 17.6 Å². The van der Waals surface area contributed by atoms with Crippen molar-refractivity contribution in [3.8, 4) is 0 Å². The van der Waals surface area contributed by atoms with Crippen LogP contribution < -0.4 is 0 Å². The highest BCUT2D eigenvalue weighted by atomic mass is 32.2. The van der Waals surface area contributed by atoms with Crippen LogP contribution in [0.3, 0.4) is 0 Å². The van der Waals surface area contributed by atoms with Gasteiger partial charge in [0.1, 0.15) is 5.82 Å². The Hall–Kier alpha value is -1.51. The van der Waals surface area contributed by atoms with Gasteiger partial charge >= 0.3 is 0 Å². The SMILES string of the molecule is CC(C)CCN1CCC(N2CCN(S(=O)(=O)c3ccc(F)cc3)CC2)C1=O. The van der Waals surface area contributed by atoms with E-state index in [2.05, 4.69) is 18.7 Å². The van der Waals surface area contributed by atoms with E-state index in [0.29, 0.717) is 32.1 Å². The molecule has 27 heavy (non-hydrogen) atoms. The first-order valence-corrected chi connectivity index (χ1v) is 11.0. The van der Waals surface area contributed by atoms with E-state index >= 15 is 0 Å². The van der Waals surface area contributed by atoms with Gasteiger partial charge in [0, 0.05) is 39.3 Å². The summed E-state index contributed by atoms with van der Waals surface area (Å²) < 4.78 is 39.9. The number of piperazine rings is 1. The molecule has 0 aliphatic carbocycles. The van der Waals surface area contributed by atoms with Gasteiger partial charge in [0.15, 0.2) is 0 Å². The number of rotatable bonds is 6. The summed E-state index contributed by atoms with van der Waals surface area (Å²) in [7, 11) is -3.62. The Morgan fingerprint density at radius 2 is 1.70 bits per heavy atom. The van der Waals surface area contributed by atoms with Crippen molar-refractivity contribution in [2.75, 3.05) is 39.3 Å². The quantitative estimate of drug-likeness (QED) is 0.734. The topological polar surface area (TPSA) is 60.9 Å². The second-order valence-corrected chi connectivity index (χ2v) is 9.64. The van der Waals surface area contributed by atoms with Gasteiger partial charge < -0.3 is 4.90 Å². The lowest BCUT2D eigenvalue weighted by atomic mass is 10.1. The van der Waals surface area contributed by atoms with Gasteiger partial charge in [-0.1, -0.05) is 13.8 Å². The molecule has 2 aliphatic heterocycles. The van der Waals surface area contributed by atoms with Crippen molar-refractivity contribution >= 4 is 15.9 Å². The average molecular weight is 398 g/mol. The fourth-order valence-electron chi connectivity index (χ4n) is 3.71. The fourth-order valence-corrected chi connectivity index (χ4v) is 5.13. The van der Waals surface area contributed by atoms with Crippen LogP contribution in [-0.4, -0.2) is 73.7 Å². The molecule has 6 nitrogen and oxygen atoms in total. The molecule has 2 saturated heterocycles. The predicted octanol–water partition coefficient (Wildman–Crippen LogP) is 1.78. The lowest BCUT2D eigenvalue weighted by Crippen LogP contribution is -2.53. The minimum atomic E-state index is -3.62. The van der Waals surface area contributed by atoms with Crippen LogP contribution in [0.25, 0.3) is 0 Å². The molecule has 3 rings (SSSR count). The molecule has 0 spiro atoms. The summed E-state index contributed by atoms with van der Waals surface area (Å²) >= 11 is 0. The number of benzene rings is 1. The number of hydrogen-bond donors (Lipinski definition) is 0. The number of carbonyl (C=O) groups excluding carboxylic acids is 1. The van der Waals surface area contributed by atoms with E-state index in [-0.39, 0.29) is 16.8 Å². The Morgan fingerprint density at radius 3 is 2.30 bits per heavy atom. The van der Waals surface area contributed by atoms with Crippen LogP contribution in [0.4, 0.5) is 4.39 Å². The summed E-state index contributed by atoms with van der Waals surface area (Å²) in [5.41, 5.74) is 0. The number of nitrogens with zero attached hydrogens (tertiary/aromatic N) is 3. The lowest BCUT2D eigenvalue weighted by molar-refractivity contribution is -0.132. The normalized spacial score (nSPS) is 22.7. The second kappa shape index (κ2) is 8.24. The molecule has 1 unspecified atom stereocenters. The molecule has 2 aliphatic rings. The van der Waals surface area contributed by atoms with Crippen LogP contribution in [0, 0.1) is 11.7 Å².